The van der Waals surface area contributed by atoms with E-state index in [2.05, 4.69) is 29.3 Å². The van der Waals surface area contributed by atoms with Gasteiger partial charge in [-0.3, -0.25) is 4.79 Å². The number of rotatable bonds is 6. The molecule has 0 aliphatic heterocycles. The molecule has 1 aliphatic rings. The van der Waals surface area contributed by atoms with Crippen LogP contribution in [-0.2, 0) is 10.2 Å². The number of hydrogen-bond donors (Lipinski definition) is 2. The summed E-state index contributed by atoms with van der Waals surface area (Å²) in [6.45, 7) is 4.23. The first kappa shape index (κ1) is 15.3. The van der Waals surface area contributed by atoms with E-state index in [0.717, 1.165) is 11.7 Å². The number of thiazole rings is 1. The lowest BCUT2D eigenvalue weighted by molar-refractivity contribution is -0.142. The molecule has 1 aromatic heterocycles. The molecular formula is C14H23N3O2S. The summed E-state index contributed by atoms with van der Waals surface area (Å²) in [4.78, 5) is 17.9. The van der Waals surface area contributed by atoms with Gasteiger partial charge in [0, 0.05) is 17.5 Å². The van der Waals surface area contributed by atoms with Crippen molar-refractivity contribution in [3.63, 3.8) is 0 Å². The van der Waals surface area contributed by atoms with E-state index in [1.54, 1.807) is 13.8 Å². The Labute approximate surface area is 124 Å². The zero-order valence-electron chi connectivity index (χ0n) is 12.6. The lowest BCUT2D eigenvalue weighted by atomic mass is 9.75. The molecule has 1 saturated carbocycles. The van der Waals surface area contributed by atoms with Crippen LogP contribution in [0, 0.1) is 0 Å². The molecule has 2 rings (SSSR count). The first-order valence-corrected chi connectivity index (χ1v) is 7.77. The number of likely N-dealkylation sites (N-methyl/N-ethyl adjacent to an activating group) is 1. The molecule has 0 amide bonds. The second kappa shape index (κ2) is 5.33. The Bertz CT molecular complexity index is 492. The van der Waals surface area contributed by atoms with Gasteiger partial charge < -0.3 is 15.3 Å². The topological polar surface area (TPSA) is 65.5 Å². The molecule has 0 aromatic carbocycles. The first-order chi connectivity index (χ1) is 9.28. The summed E-state index contributed by atoms with van der Waals surface area (Å²) in [5, 5.41) is 15.2. The minimum absolute atomic E-state index is 0.230. The minimum atomic E-state index is -0.938. The van der Waals surface area contributed by atoms with Crippen molar-refractivity contribution in [3.8, 4) is 0 Å². The number of anilines is 1. The monoisotopic (exact) mass is 297 g/mol. The van der Waals surface area contributed by atoms with Crippen molar-refractivity contribution in [2.24, 2.45) is 0 Å². The number of carbonyl (C=O) groups is 1. The molecule has 0 radical (unpaired) electrons. The van der Waals surface area contributed by atoms with Crippen molar-refractivity contribution < 1.29 is 9.90 Å². The Balaban J connectivity index is 2.02. The highest BCUT2D eigenvalue weighted by molar-refractivity contribution is 7.13. The fourth-order valence-electron chi connectivity index (χ4n) is 2.36. The van der Waals surface area contributed by atoms with Gasteiger partial charge in [-0.25, -0.2) is 4.98 Å². The zero-order chi connectivity index (χ0) is 15.0. The third-order valence-electron chi connectivity index (χ3n) is 4.48. The SMILES string of the molecule is CN(C)C1(CNc2nc(C(C)(C)C(=O)O)cs2)CCC1. The molecule has 6 heteroatoms. The predicted molar refractivity (Wildman–Crippen MR) is 81.5 cm³/mol. The van der Waals surface area contributed by atoms with Gasteiger partial charge in [0.25, 0.3) is 0 Å². The van der Waals surface area contributed by atoms with Crippen molar-refractivity contribution in [3.05, 3.63) is 11.1 Å². The molecule has 112 valence electrons. The van der Waals surface area contributed by atoms with E-state index in [-0.39, 0.29) is 5.54 Å². The molecule has 5 nitrogen and oxygen atoms in total. The van der Waals surface area contributed by atoms with E-state index in [1.807, 2.05) is 5.38 Å². The summed E-state index contributed by atoms with van der Waals surface area (Å²) in [5.41, 5.74) is -0.0923. The van der Waals surface area contributed by atoms with Gasteiger partial charge in [-0.2, -0.15) is 0 Å². The van der Waals surface area contributed by atoms with Crippen LogP contribution < -0.4 is 5.32 Å². The molecule has 0 saturated heterocycles. The van der Waals surface area contributed by atoms with Crippen LogP contribution in [0.4, 0.5) is 5.13 Å². The second-order valence-electron chi connectivity index (χ2n) is 6.29. The number of hydrogen-bond acceptors (Lipinski definition) is 5. The van der Waals surface area contributed by atoms with Gasteiger partial charge in [-0.15, -0.1) is 11.3 Å². The maximum atomic E-state index is 11.2. The minimum Gasteiger partial charge on any atom is -0.481 e. The van der Waals surface area contributed by atoms with Crippen LogP contribution in [0.1, 0.15) is 38.8 Å². The number of nitrogens with one attached hydrogen (secondary N) is 1. The average molecular weight is 297 g/mol. The number of nitrogens with zero attached hydrogens (tertiary/aromatic N) is 2. The molecule has 0 spiro atoms. The van der Waals surface area contributed by atoms with Crippen molar-refractivity contribution in [1.82, 2.24) is 9.88 Å². The highest BCUT2D eigenvalue weighted by atomic mass is 32.1. The smallest absolute Gasteiger partial charge is 0.315 e. The number of aliphatic carboxylic acids is 1. The molecule has 0 unspecified atom stereocenters. The van der Waals surface area contributed by atoms with Crippen molar-refractivity contribution in [1.29, 1.82) is 0 Å². The normalized spacial score (nSPS) is 17.9. The van der Waals surface area contributed by atoms with Gasteiger partial charge in [0.1, 0.15) is 5.41 Å². The molecule has 1 fully saturated rings. The number of carboxylic acids is 1. The molecule has 0 bridgehead atoms. The van der Waals surface area contributed by atoms with Crippen LogP contribution >= 0.6 is 11.3 Å². The molecule has 1 aliphatic carbocycles. The average Bonchev–Trinajstić information content (AvgIpc) is 2.76. The van der Waals surface area contributed by atoms with Crippen LogP contribution in [0.5, 0.6) is 0 Å². The molecular weight excluding hydrogens is 274 g/mol. The van der Waals surface area contributed by atoms with Gasteiger partial charge in [-0.1, -0.05) is 0 Å². The van der Waals surface area contributed by atoms with E-state index in [0.29, 0.717) is 5.69 Å². The zero-order valence-corrected chi connectivity index (χ0v) is 13.4. The van der Waals surface area contributed by atoms with Crippen LogP contribution in [0.15, 0.2) is 5.38 Å². The standard InChI is InChI=1S/C14H23N3O2S/c1-13(2,11(18)19)10-8-20-12(16-10)15-9-14(17(3)4)6-5-7-14/h8H,5-7,9H2,1-4H3,(H,15,16)(H,18,19). The van der Waals surface area contributed by atoms with Gasteiger partial charge in [0.15, 0.2) is 5.13 Å². The van der Waals surface area contributed by atoms with Crippen molar-refractivity contribution in [2.75, 3.05) is 26.0 Å². The lowest BCUT2D eigenvalue weighted by Gasteiger charge is -2.47. The Morgan fingerprint density at radius 3 is 2.65 bits per heavy atom. The Hall–Kier alpha value is -1.14. The van der Waals surface area contributed by atoms with Crippen molar-refractivity contribution in [2.45, 2.75) is 44.1 Å². The predicted octanol–water partition coefficient (Wildman–Crippen LogP) is 2.40. The third-order valence-corrected chi connectivity index (χ3v) is 5.28. The second-order valence-corrected chi connectivity index (χ2v) is 7.15. The van der Waals surface area contributed by atoms with Gasteiger partial charge >= 0.3 is 5.97 Å². The van der Waals surface area contributed by atoms with E-state index in [9.17, 15) is 9.90 Å². The first-order valence-electron chi connectivity index (χ1n) is 6.89. The Morgan fingerprint density at radius 1 is 1.55 bits per heavy atom. The van der Waals surface area contributed by atoms with Crippen LogP contribution in [0.3, 0.4) is 0 Å². The van der Waals surface area contributed by atoms with Crippen molar-refractivity contribution >= 4 is 22.4 Å². The maximum absolute atomic E-state index is 11.2. The van der Waals surface area contributed by atoms with E-state index in [1.165, 1.54) is 30.6 Å². The Morgan fingerprint density at radius 2 is 2.20 bits per heavy atom. The molecule has 2 N–H and O–H groups in total. The fourth-order valence-corrected chi connectivity index (χ4v) is 3.24. The highest BCUT2D eigenvalue weighted by Crippen LogP contribution is 2.36. The van der Waals surface area contributed by atoms with E-state index in [4.69, 9.17) is 0 Å². The largest absolute Gasteiger partial charge is 0.481 e. The summed E-state index contributed by atoms with van der Waals surface area (Å²) in [6.07, 6.45) is 3.67. The lowest BCUT2D eigenvalue weighted by Crippen LogP contribution is -2.54. The Kier molecular flexibility index (Phi) is 4.07. The summed E-state index contributed by atoms with van der Waals surface area (Å²) < 4.78 is 0. The van der Waals surface area contributed by atoms with Crippen LogP contribution in [-0.4, -0.2) is 47.1 Å². The van der Waals surface area contributed by atoms with E-state index >= 15 is 0 Å². The third kappa shape index (κ3) is 2.67. The van der Waals surface area contributed by atoms with Crippen LogP contribution in [0.2, 0.25) is 0 Å². The summed E-state index contributed by atoms with van der Waals surface area (Å²) in [5.74, 6) is -0.849. The molecule has 1 aromatic rings. The highest BCUT2D eigenvalue weighted by Gasteiger charge is 2.39. The van der Waals surface area contributed by atoms with E-state index < -0.39 is 11.4 Å². The summed E-state index contributed by atoms with van der Waals surface area (Å²) in [7, 11) is 4.23. The summed E-state index contributed by atoms with van der Waals surface area (Å²) in [6, 6.07) is 0. The van der Waals surface area contributed by atoms with Gasteiger partial charge in [0.2, 0.25) is 0 Å². The fraction of sp³-hybridized carbons (Fsp3) is 0.714. The maximum Gasteiger partial charge on any atom is 0.315 e. The van der Waals surface area contributed by atoms with Gasteiger partial charge in [0.05, 0.1) is 5.69 Å². The summed E-state index contributed by atoms with van der Waals surface area (Å²) >= 11 is 1.48. The molecule has 0 atom stereocenters. The molecule has 20 heavy (non-hydrogen) atoms. The number of aromatic nitrogens is 1. The van der Waals surface area contributed by atoms with Crippen LogP contribution in [0.25, 0.3) is 0 Å². The number of carboxylic acid groups (broad SMARTS) is 1. The quantitative estimate of drug-likeness (QED) is 0.844. The van der Waals surface area contributed by atoms with Gasteiger partial charge in [-0.05, 0) is 47.2 Å². The molecule has 1 heterocycles.